The first-order chi connectivity index (χ1) is 14.4. The molecule has 4 aromatic rings. The van der Waals surface area contributed by atoms with Crippen molar-refractivity contribution in [3.63, 3.8) is 0 Å². The van der Waals surface area contributed by atoms with Gasteiger partial charge in [-0.2, -0.15) is 0 Å². The van der Waals surface area contributed by atoms with Gasteiger partial charge in [0.1, 0.15) is 0 Å². The van der Waals surface area contributed by atoms with Crippen LogP contribution in [0.4, 0.5) is 5.95 Å². The summed E-state index contributed by atoms with van der Waals surface area (Å²) in [5, 5.41) is 0. The molecule has 0 aliphatic heterocycles. The van der Waals surface area contributed by atoms with E-state index in [-0.39, 0.29) is 10.8 Å². The fourth-order valence-corrected chi connectivity index (χ4v) is 3.98. The summed E-state index contributed by atoms with van der Waals surface area (Å²) < 4.78 is 28.1. The van der Waals surface area contributed by atoms with E-state index in [1.54, 1.807) is 18.2 Å². The van der Waals surface area contributed by atoms with E-state index in [9.17, 15) is 8.42 Å². The van der Waals surface area contributed by atoms with Gasteiger partial charge in [0.15, 0.2) is 0 Å². The lowest BCUT2D eigenvalue weighted by Crippen LogP contribution is -2.15. The fourth-order valence-electron chi connectivity index (χ4n) is 3.02. The van der Waals surface area contributed by atoms with Crippen LogP contribution in [0.3, 0.4) is 0 Å². The molecule has 0 atom stereocenters. The van der Waals surface area contributed by atoms with Crippen LogP contribution < -0.4 is 4.72 Å². The van der Waals surface area contributed by atoms with Crippen LogP contribution in [0.2, 0.25) is 0 Å². The summed E-state index contributed by atoms with van der Waals surface area (Å²) in [4.78, 5) is 9.13. The van der Waals surface area contributed by atoms with Crippen LogP contribution >= 0.6 is 0 Å². The molecule has 30 heavy (non-hydrogen) atoms. The Kier molecular flexibility index (Phi) is 5.33. The summed E-state index contributed by atoms with van der Waals surface area (Å²) in [6.45, 7) is 4.03. The molecule has 0 spiro atoms. The first-order valence-corrected chi connectivity index (χ1v) is 11.0. The SMILES string of the molecule is Cc1ccc(-c2cc(-c3ccc(C)cc3)nc(NS(=O)(=O)c3ccccc3)n2)cc1. The molecule has 4 rings (SSSR count). The van der Waals surface area contributed by atoms with E-state index in [1.165, 1.54) is 12.1 Å². The number of hydrogen-bond donors (Lipinski definition) is 1. The average Bonchev–Trinajstić information content (AvgIpc) is 2.75. The van der Waals surface area contributed by atoms with Crippen LogP contribution in [0, 0.1) is 13.8 Å². The van der Waals surface area contributed by atoms with Crippen molar-refractivity contribution in [1.82, 2.24) is 9.97 Å². The molecule has 0 unspecified atom stereocenters. The van der Waals surface area contributed by atoms with Gasteiger partial charge in [-0.05, 0) is 32.0 Å². The van der Waals surface area contributed by atoms with E-state index in [2.05, 4.69) is 14.7 Å². The minimum Gasteiger partial charge on any atom is -0.247 e. The lowest BCUT2D eigenvalue weighted by molar-refractivity contribution is 0.601. The second-order valence-electron chi connectivity index (χ2n) is 7.11. The first kappa shape index (κ1) is 19.8. The maximum Gasteiger partial charge on any atom is 0.264 e. The summed E-state index contributed by atoms with van der Waals surface area (Å²) >= 11 is 0. The van der Waals surface area contributed by atoms with Gasteiger partial charge in [-0.15, -0.1) is 0 Å². The normalized spacial score (nSPS) is 11.3. The van der Waals surface area contributed by atoms with Crippen LogP contribution in [0.5, 0.6) is 0 Å². The molecule has 0 aliphatic rings. The average molecular weight is 416 g/mol. The van der Waals surface area contributed by atoms with Crippen molar-refractivity contribution in [3.05, 3.63) is 96.1 Å². The van der Waals surface area contributed by atoms with Crippen molar-refractivity contribution >= 4 is 16.0 Å². The molecule has 0 radical (unpaired) electrons. The van der Waals surface area contributed by atoms with Crippen LogP contribution in [0.1, 0.15) is 11.1 Å². The predicted molar refractivity (Wildman–Crippen MR) is 120 cm³/mol. The number of hydrogen-bond acceptors (Lipinski definition) is 4. The summed E-state index contributed by atoms with van der Waals surface area (Å²) in [6, 6.07) is 25.9. The molecule has 1 aromatic heterocycles. The smallest absolute Gasteiger partial charge is 0.247 e. The number of aromatic nitrogens is 2. The van der Waals surface area contributed by atoms with E-state index >= 15 is 0 Å². The lowest BCUT2D eigenvalue weighted by atomic mass is 10.1. The van der Waals surface area contributed by atoms with Gasteiger partial charge in [0.2, 0.25) is 5.95 Å². The molecule has 150 valence electrons. The molecule has 0 bridgehead atoms. The van der Waals surface area contributed by atoms with E-state index in [1.807, 2.05) is 68.4 Å². The van der Waals surface area contributed by atoms with Gasteiger partial charge in [0, 0.05) is 11.1 Å². The third kappa shape index (κ3) is 4.39. The van der Waals surface area contributed by atoms with Gasteiger partial charge in [-0.25, -0.2) is 23.1 Å². The Hall–Kier alpha value is -3.51. The third-order valence-electron chi connectivity index (χ3n) is 4.70. The maximum atomic E-state index is 12.8. The summed E-state index contributed by atoms with van der Waals surface area (Å²) in [5.41, 5.74) is 5.33. The van der Waals surface area contributed by atoms with E-state index in [0.29, 0.717) is 11.4 Å². The lowest BCUT2D eigenvalue weighted by Gasteiger charge is -2.11. The summed E-state index contributed by atoms with van der Waals surface area (Å²) in [7, 11) is -3.80. The van der Waals surface area contributed by atoms with E-state index < -0.39 is 10.0 Å². The molecule has 1 N–H and O–H groups in total. The molecule has 0 saturated heterocycles. The highest BCUT2D eigenvalue weighted by atomic mass is 32.2. The Morgan fingerprint density at radius 2 is 1.13 bits per heavy atom. The molecule has 0 aliphatic carbocycles. The zero-order valence-corrected chi connectivity index (χ0v) is 17.5. The second kappa shape index (κ2) is 8.08. The molecular formula is C24H21N3O2S. The quantitative estimate of drug-likeness (QED) is 0.485. The third-order valence-corrected chi connectivity index (χ3v) is 6.04. The van der Waals surface area contributed by atoms with Gasteiger partial charge in [0.25, 0.3) is 10.0 Å². The van der Waals surface area contributed by atoms with Crippen molar-refractivity contribution in [3.8, 4) is 22.5 Å². The molecule has 0 amide bonds. The Morgan fingerprint density at radius 3 is 1.60 bits per heavy atom. The molecule has 6 heteroatoms. The number of nitrogens with zero attached hydrogens (tertiary/aromatic N) is 2. The standard InChI is InChI=1S/C24H21N3O2S/c1-17-8-12-19(13-9-17)22-16-23(20-14-10-18(2)11-15-20)26-24(25-22)27-30(28,29)21-6-4-3-5-7-21/h3-16H,1-2H3,(H,25,26,27). The second-order valence-corrected chi connectivity index (χ2v) is 8.80. The Balaban J connectivity index is 1.81. The molecule has 1 heterocycles. The number of rotatable bonds is 5. The zero-order chi connectivity index (χ0) is 21.1. The number of nitrogens with one attached hydrogen (secondary N) is 1. The highest BCUT2D eigenvalue weighted by Crippen LogP contribution is 2.26. The van der Waals surface area contributed by atoms with Crippen LogP contribution in [0.15, 0.2) is 89.8 Å². The maximum absolute atomic E-state index is 12.8. The monoisotopic (exact) mass is 415 g/mol. The Labute approximate surface area is 176 Å². The van der Waals surface area contributed by atoms with E-state index in [0.717, 1.165) is 22.3 Å². The minimum absolute atomic E-state index is 0.0347. The molecule has 0 saturated carbocycles. The van der Waals surface area contributed by atoms with Crippen molar-refractivity contribution in [2.75, 3.05) is 4.72 Å². The van der Waals surface area contributed by atoms with Gasteiger partial charge in [0.05, 0.1) is 16.3 Å². The predicted octanol–water partition coefficient (Wildman–Crippen LogP) is 5.23. The van der Waals surface area contributed by atoms with E-state index in [4.69, 9.17) is 0 Å². The zero-order valence-electron chi connectivity index (χ0n) is 16.7. The van der Waals surface area contributed by atoms with Crippen LogP contribution in [-0.4, -0.2) is 18.4 Å². The largest absolute Gasteiger partial charge is 0.264 e. The van der Waals surface area contributed by atoms with Crippen molar-refractivity contribution < 1.29 is 8.42 Å². The van der Waals surface area contributed by atoms with Crippen molar-refractivity contribution in [2.45, 2.75) is 18.7 Å². The first-order valence-electron chi connectivity index (χ1n) is 9.52. The van der Waals surface area contributed by atoms with Gasteiger partial charge in [-0.1, -0.05) is 77.9 Å². The number of sulfonamides is 1. The minimum atomic E-state index is -3.80. The van der Waals surface area contributed by atoms with Crippen molar-refractivity contribution in [1.29, 1.82) is 0 Å². The van der Waals surface area contributed by atoms with Gasteiger partial charge in [-0.3, -0.25) is 0 Å². The fraction of sp³-hybridized carbons (Fsp3) is 0.0833. The summed E-state index contributed by atoms with van der Waals surface area (Å²) in [6.07, 6.45) is 0. The Morgan fingerprint density at radius 1 is 0.667 bits per heavy atom. The number of benzene rings is 3. The summed E-state index contributed by atoms with van der Waals surface area (Å²) in [5.74, 6) is 0.0347. The van der Waals surface area contributed by atoms with Crippen LogP contribution in [0.25, 0.3) is 22.5 Å². The number of anilines is 1. The Bertz CT molecular complexity index is 1200. The van der Waals surface area contributed by atoms with Gasteiger partial charge < -0.3 is 0 Å². The number of aryl methyl sites for hydroxylation is 2. The molecule has 3 aromatic carbocycles. The topological polar surface area (TPSA) is 72.0 Å². The molecule has 0 fully saturated rings. The highest BCUT2D eigenvalue weighted by molar-refractivity contribution is 7.92. The van der Waals surface area contributed by atoms with Crippen LogP contribution in [-0.2, 0) is 10.0 Å². The van der Waals surface area contributed by atoms with Crippen molar-refractivity contribution in [2.24, 2.45) is 0 Å². The molecule has 5 nitrogen and oxygen atoms in total. The molecular weight excluding hydrogens is 394 g/mol. The highest BCUT2D eigenvalue weighted by Gasteiger charge is 2.17. The van der Waals surface area contributed by atoms with Gasteiger partial charge >= 0.3 is 0 Å².